The minimum atomic E-state index is -0.299. The Labute approximate surface area is 481 Å². The first-order valence-electron chi connectivity index (χ1n) is 29.7. The maximum Gasteiger partial charge on any atom is 0.315 e. The highest BCUT2D eigenvalue weighted by Crippen LogP contribution is 2.37. The Bertz CT molecular complexity index is 2760. The number of ketones is 3. The van der Waals surface area contributed by atoms with Gasteiger partial charge in [0.1, 0.15) is 46.0 Å². The van der Waals surface area contributed by atoms with Crippen LogP contribution < -0.4 is 21.7 Å². The molecule has 436 valence electrons. The molecule has 0 aliphatic carbocycles. The number of piperazine rings is 1. The number of unbranched alkanes of at least 4 members (excludes halogenated alkanes) is 5. The molecule has 0 spiro atoms. The van der Waals surface area contributed by atoms with E-state index in [2.05, 4.69) is 47.6 Å². The van der Waals surface area contributed by atoms with Gasteiger partial charge in [0.15, 0.2) is 0 Å². The highest BCUT2D eigenvalue weighted by molar-refractivity contribution is 8.00. The van der Waals surface area contributed by atoms with Crippen molar-refractivity contribution in [2.24, 2.45) is 0 Å². The quantitative estimate of drug-likeness (QED) is 0.0198. The van der Waals surface area contributed by atoms with Crippen LogP contribution in [0.5, 0.6) is 0 Å². The molecular formula is C61H83N11O8S. The van der Waals surface area contributed by atoms with Crippen LogP contribution in [0.2, 0.25) is 0 Å². The van der Waals surface area contributed by atoms with Crippen LogP contribution in [0.15, 0.2) is 61.1 Å². The summed E-state index contributed by atoms with van der Waals surface area (Å²) in [5.41, 5.74) is 8.92. The number of benzene rings is 1. The first-order chi connectivity index (χ1) is 39.6. The van der Waals surface area contributed by atoms with Gasteiger partial charge in [-0.3, -0.25) is 33.3 Å². The molecule has 4 atom stereocenters. The van der Waals surface area contributed by atoms with E-state index >= 15 is 0 Å². The number of hydrogen-bond acceptors (Lipinski definition) is 15. The summed E-state index contributed by atoms with van der Waals surface area (Å²) in [6.45, 7) is 8.15. The van der Waals surface area contributed by atoms with Crippen molar-refractivity contribution in [1.29, 1.82) is 0 Å². The smallest absolute Gasteiger partial charge is 0.315 e. The van der Waals surface area contributed by atoms with Crippen LogP contribution in [0.25, 0.3) is 16.8 Å². The average Bonchev–Trinajstić information content (AvgIpc) is 4.04. The van der Waals surface area contributed by atoms with Crippen molar-refractivity contribution < 1.29 is 38.2 Å². The molecule has 4 aliphatic heterocycles. The third-order valence-corrected chi connectivity index (χ3v) is 17.3. The molecule has 7 heterocycles. The summed E-state index contributed by atoms with van der Waals surface area (Å²) in [5.74, 6) is 8.76. The van der Waals surface area contributed by atoms with Gasteiger partial charge in [0.25, 0.3) is 11.8 Å². The summed E-state index contributed by atoms with van der Waals surface area (Å²) in [6.07, 6.45) is 20.7. The molecule has 5 N–H and O–H groups in total. The second kappa shape index (κ2) is 32.4. The van der Waals surface area contributed by atoms with Gasteiger partial charge in [-0.25, -0.2) is 19.7 Å². The molecule has 8 rings (SSSR count). The van der Waals surface area contributed by atoms with Crippen molar-refractivity contribution in [3.63, 3.8) is 0 Å². The number of thioether (sulfide) groups is 1. The van der Waals surface area contributed by atoms with Gasteiger partial charge in [0.05, 0.1) is 24.7 Å². The summed E-state index contributed by atoms with van der Waals surface area (Å²) < 4.78 is 13.5. The van der Waals surface area contributed by atoms with Crippen LogP contribution in [-0.2, 0) is 28.7 Å². The summed E-state index contributed by atoms with van der Waals surface area (Å²) in [5, 5.41) is 9.27. The number of imidazole rings is 1. The molecule has 4 amide bonds. The molecule has 20 heteroatoms. The summed E-state index contributed by atoms with van der Waals surface area (Å²) >= 11 is 1.93. The van der Waals surface area contributed by atoms with Crippen LogP contribution in [0, 0.1) is 11.8 Å². The van der Waals surface area contributed by atoms with Crippen molar-refractivity contribution >= 4 is 64.1 Å². The fourth-order valence-electron chi connectivity index (χ4n) is 11.2. The van der Waals surface area contributed by atoms with E-state index in [0.717, 1.165) is 134 Å². The van der Waals surface area contributed by atoms with Crippen LogP contribution in [0.4, 0.5) is 16.4 Å². The first-order valence-corrected chi connectivity index (χ1v) is 30.7. The number of fused-ring (bicyclic) bond motifs is 2. The van der Waals surface area contributed by atoms with Gasteiger partial charge >= 0.3 is 6.03 Å². The number of carbonyl (C=O) groups is 6. The lowest BCUT2D eigenvalue weighted by Crippen LogP contribution is -2.46. The highest BCUT2D eigenvalue weighted by atomic mass is 32.2. The SMILES string of the molecule is Nc1nccn2c([C@@H]3CCCN3C(=O)C#CCN3CCN(CCCC(=O)CCCC(=O)CCCCOCCCCCOCCCCC(=O)CCCC[C@@H]4SC[C@@H]5NC(=O)N[C@@H]54)CC3)nc(-c3ccc(C(=O)Nc4ccccn4)cc3)c12. The van der Waals surface area contributed by atoms with Crippen LogP contribution in [-0.4, -0.2) is 165 Å². The van der Waals surface area contributed by atoms with E-state index in [1.54, 1.807) is 47.6 Å². The highest BCUT2D eigenvalue weighted by Gasteiger charge is 2.42. The molecule has 4 aliphatic rings. The molecule has 4 aromatic rings. The van der Waals surface area contributed by atoms with Gasteiger partial charge in [-0.1, -0.05) is 30.5 Å². The number of nitrogens with two attached hydrogens (primary N) is 1. The molecule has 4 saturated heterocycles. The molecule has 0 radical (unpaired) electrons. The Morgan fingerprint density at radius 1 is 0.716 bits per heavy atom. The van der Waals surface area contributed by atoms with E-state index in [-0.39, 0.29) is 47.5 Å². The van der Waals surface area contributed by atoms with Crippen molar-refractivity contribution in [2.75, 3.05) is 89.0 Å². The number of rotatable bonds is 34. The van der Waals surface area contributed by atoms with Crippen LogP contribution in [0.3, 0.4) is 0 Å². The number of amides is 4. The van der Waals surface area contributed by atoms with E-state index in [9.17, 15) is 28.8 Å². The summed E-state index contributed by atoms with van der Waals surface area (Å²) in [7, 11) is 0. The number of Topliss-reactive ketones (excluding diaryl/α,β-unsaturated/α-hetero) is 3. The van der Waals surface area contributed by atoms with E-state index < -0.39 is 0 Å². The monoisotopic (exact) mass is 1130 g/mol. The number of urea groups is 1. The number of nitrogen functional groups attached to an aromatic ring is 1. The zero-order valence-electron chi connectivity index (χ0n) is 47.1. The fourth-order valence-corrected chi connectivity index (χ4v) is 12.7. The summed E-state index contributed by atoms with van der Waals surface area (Å²) in [6, 6.07) is 12.6. The van der Waals surface area contributed by atoms with Crippen molar-refractivity contribution in [3.05, 3.63) is 72.4 Å². The number of carbonyl (C=O) groups excluding carboxylic acids is 6. The number of anilines is 2. The predicted octanol–water partition coefficient (Wildman–Crippen LogP) is 7.84. The minimum absolute atomic E-state index is 0.0484. The van der Waals surface area contributed by atoms with Crippen LogP contribution >= 0.6 is 11.8 Å². The number of aromatic nitrogens is 4. The van der Waals surface area contributed by atoms with E-state index in [1.165, 1.54) is 0 Å². The lowest BCUT2D eigenvalue weighted by atomic mass is 10.0. The maximum atomic E-state index is 13.6. The number of nitrogens with one attached hydrogen (secondary N) is 3. The zero-order chi connectivity index (χ0) is 56.6. The topological polar surface area (TPSA) is 236 Å². The Morgan fingerprint density at radius 3 is 2.06 bits per heavy atom. The Balaban J connectivity index is 0.600. The number of ether oxygens (including phenoxy) is 2. The molecule has 0 saturated carbocycles. The first kappa shape index (κ1) is 60.8. The van der Waals surface area contributed by atoms with Gasteiger partial charge in [-0.2, -0.15) is 11.8 Å². The van der Waals surface area contributed by atoms with Gasteiger partial charge in [-0.05, 0) is 120 Å². The molecule has 0 bridgehead atoms. The number of nitrogens with zero attached hydrogens (tertiary/aromatic N) is 7. The van der Waals surface area contributed by atoms with Gasteiger partial charge in [0.2, 0.25) is 0 Å². The second-order valence-electron chi connectivity index (χ2n) is 21.8. The lowest BCUT2D eigenvalue weighted by Gasteiger charge is -2.33. The molecule has 1 aromatic carbocycles. The third-order valence-electron chi connectivity index (χ3n) is 15.8. The second-order valence-corrected chi connectivity index (χ2v) is 23.1. The maximum absolute atomic E-state index is 13.6. The van der Waals surface area contributed by atoms with Gasteiger partial charge in [-0.15, -0.1) is 0 Å². The van der Waals surface area contributed by atoms with E-state index in [0.29, 0.717) is 123 Å². The zero-order valence-corrected chi connectivity index (χ0v) is 47.9. The fraction of sp³-hybridized carbons (Fsp3) is 0.590. The number of pyridine rings is 1. The number of hydrogen-bond donors (Lipinski definition) is 4. The van der Waals surface area contributed by atoms with E-state index in [4.69, 9.17) is 20.2 Å². The predicted molar refractivity (Wildman–Crippen MR) is 315 cm³/mol. The molecule has 19 nitrogen and oxygen atoms in total. The normalized spacial score (nSPS) is 19.0. The molecule has 81 heavy (non-hydrogen) atoms. The standard InChI is InChI=1S/C61H83N11O8S/c62-58-57-55(45-26-28-46(29-27-45)60(77)66-53-24-4-7-30-63-53)67-59(72(57)35-31-64-58)51-22-14-34-71(51)54(76)25-15-33-70-38-36-69(37-39-70)32-13-21-49(75)20-12-19-48(74)18-6-11-43-80-41-9-1-8-40-79-42-10-5-17-47(73)16-2-3-23-52-56-50(44-81-52)65-61(78)68-56/h4,7,24,26-31,35,50-52,56H,1-3,5-6,8-14,16-23,32-34,36-44H2,(H2,62,64)(H,63,66,77)(H2,65,68,78)/t50-,51-,52-,56-/m0/s1. The van der Waals surface area contributed by atoms with Crippen molar-refractivity contribution in [1.82, 2.24) is 44.7 Å². The lowest BCUT2D eigenvalue weighted by molar-refractivity contribution is -0.126. The van der Waals surface area contributed by atoms with Crippen molar-refractivity contribution in [3.8, 4) is 23.1 Å². The summed E-state index contributed by atoms with van der Waals surface area (Å²) in [4.78, 5) is 95.5. The Morgan fingerprint density at radius 2 is 1.37 bits per heavy atom. The van der Waals surface area contributed by atoms with Crippen LogP contribution in [0.1, 0.15) is 151 Å². The minimum Gasteiger partial charge on any atom is -0.382 e. The van der Waals surface area contributed by atoms with Crippen molar-refractivity contribution in [2.45, 2.75) is 152 Å². The largest absolute Gasteiger partial charge is 0.382 e. The molecular weight excluding hydrogens is 1050 g/mol. The Kier molecular flexibility index (Phi) is 24.3. The van der Waals surface area contributed by atoms with Gasteiger partial charge in [0, 0.05) is 138 Å². The number of likely N-dealkylation sites (tertiary alicyclic amines) is 1. The molecule has 4 fully saturated rings. The van der Waals surface area contributed by atoms with Gasteiger partial charge < -0.3 is 41.0 Å². The molecule has 3 aromatic heterocycles. The van der Waals surface area contributed by atoms with E-state index in [1.807, 2.05) is 34.5 Å². The third kappa shape index (κ3) is 18.9. The Hall–Kier alpha value is -6.24. The molecule has 0 unspecified atom stereocenters. The average molecular weight is 1130 g/mol.